The number of carbonyl (C=O) groups is 1. The fourth-order valence-electron chi connectivity index (χ4n) is 2.02. The van der Waals surface area contributed by atoms with E-state index in [0.29, 0.717) is 18.7 Å². The number of nitrogens with zero attached hydrogens (tertiary/aromatic N) is 2. The largest absolute Gasteiger partial charge is 0.481 e. The Morgan fingerprint density at radius 3 is 2.60 bits per heavy atom. The number of nitro benzene ring substituents is 1. The third kappa shape index (κ3) is 4.31. The molecule has 1 N–H and O–H groups in total. The highest BCUT2D eigenvalue weighted by Crippen LogP contribution is 2.22. The molecule has 110 valence electrons. The van der Waals surface area contributed by atoms with Crippen molar-refractivity contribution < 1.29 is 14.8 Å². The van der Waals surface area contributed by atoms with Crippen LogP contribution in [0.3, 0.4) is 0 Å². The highest BCUT2D eigenvalue weighted by atomic mass is 16.6. The summed E-state index contributed by atoms with van der Waals surface area (Å²) in [6, 6.07) is 5.16. The number of benzene rings is 1. The standard InChI is InChI=1S/C14H20N2O4/c1-10(2)15(8-7-14(17)18)9-12-5-4-6-13(11(12)3)16(19)20/h4-6,10H,7-9H2,1-3H3,(H,17,18). The molecule has 0 bridgehead atoms. The van der Waals surface area contributed by atoms with Crippen LogP contribution in [0.4, 0.5) is 5.69 Å². The predicted molar refractivity (Wildman–Crippen MR) is 75.6 cm³/mol. The molecular weight excluding hydrogens is 260 g/mol. The van der Waals surface area contributed by atoms with Crippen molar-refractivity contribution in [1.29, 1.82) is 0 Å². The van der Waals surface area contributed by atoms with Crippen LogP contribution in [-0.2, 0) is 11.3 Å². The summed E-state index contributed by atoms with van der Waals surface area (Å²) in [7, 11) is 0. The van der Waals surface area contributed by atoms with Gasteiger partial charge in [-0.2, -0.15) is 0 Å². The van der Waals surface area contributed by atoms with Gasteiger partial charge in [-0.1, -0.05) is 12.1 Å². The lowest BCUT2D eigenvalue weighted by Gasteiger charge is -2.26. The molecule has 0 saturated heterocycles. The molecule has 0 aliphatic carbocycles. The summed E-state index contributed by atoms with van der Waals surface area (Å²) in [4.78, 5) is 23.2. The van der Waals surface area contributed by atoms with Gasteiger partial charge in [-0.05, 0) is 26.3 Å². The molecular formula is C14H20N2O4. The lowest BCUT2D eigenvalue weighted by molar-refractivity contribution is -0.385. The number of nitro groups is 1. The van der Waals surface area contributed by atoms with Gasteiger partial charge in [0, 0.05) is 30.8 Å². The van der Waals surface area contributed by atoms with Gasteiger partial charge in [-0.15, -0.1) is 0 Å². The number of hydrogen-bond acceptors (Lipinski definition) is 4. The second-order valence-corrected chi connectivity index (χ2v) is 5.03. The maximum absolute atomic E-state index is 10.9. The lowest BCUT2D eigenvalue weighted by Crippen LogP contribution is -2.32. The fraction of sp³-hybridized carbons (Fsp3) is 0.500. The molecule has 0 fully saturated rings. The highest BCUT2D eigenvalue weighted by molar-refractivity contribution is 5.66. The van der Waals surface area contributed by atoms with Crippen LogP contribution in [0.5, 0.6) is 0 Å². The molecule has 0 radical (unpaired) electrons. The summed E-state index contributed by atoms with van der Waals surface area (Å²) >= 11 is 0. The van der Waals surface area contributed by atoms with Gasteiger partial charge < -0.3 is 5.11 Å². The highest BCUT2D eigenvalue weighted by Gasteiger charge is 2.17. The van der Waals surface area contributed by atoms with Crippen molar-refractivity contribution in [2.24, 2.45) is 0 Å². The smallest absolute Gasteiger partial charge is 0.304 e. The van der Waals surface area contributed by atoms with Gasteiger partial charge in [-0.3, -0.25) is 19.8 Å². The monoisotopic (exact) mass is 280 g/mol. The fourth-order valence-corrected chi connectivity index (χ4v) is 2.02. The lowest BCUT2D eigenvalue weighted by atomic mass is 10.1. The van der Waals surface area contributed by atoms with Crippen molar-refractivity contribution in [3.05, 3.63) is 39.4 Å². The molecule has 6 nitrogen and oxygen atoms in total. The van der Waals surface area contributed by atoms with E-state index in [4.69, 9.17) is 5.11 Å². The van der Waals surface area contributed by atoms with Crippen molar-refractivity contribution >= 4 is 11.7 Å². The van der Waals surface area contributed by atoms with Crippen molar-refractivity contribution in [2.45, 2.75) is 39.8 Å². The predicted octanol–water partition coefficient (Wildman–Crippen LogP) is 2.59. The average Bonchev–Trinajstić information content (AvgIpc) is 2.35. The summed E-state index contributed by atoms with van der Waals surface area (Å²) in [5.41, 5.74) is 1.60. The van der Waals surface area contributed by atoms with Crippen molar-refractivity contribution in [3.8, 4) is 0 Å². The van der Waals surface area contributed by atoms with E-state index in [0.717, 1.165) is 5.56 Å². The van der Waals surface area contributed by atoms with E-state index in [1.807, 2.05) is 24.8 Å². The van der Waals surface area contributed by atoms with E-state index in [1.54, 1.807) is 13.0 Å². The molecule has 0 heterocycles. The first-order chi connectivity index (χ1) is 9.32. The number of aliphatic carboxylic acids is 1. The van der Waals surface area contributed by atoms with Crippen LogP contribution in [-0.4, -0.2) is 33.5 Å². The van der Waals surface area contributed by atoms with E-state index in [-0.39, 0.29) is 18.2 Å². The number of hydrogen-bond donors (Lipinski definition) is 1. The Balaban J connectivity index is 2.91. The minimum absolute atomic E-state index is 0.0617. The van der Waals surface area contributed by atoms with Crippen LogP contribution in [0.15, 0.2) is 18.2 Å². The first-order valence-corrected chi connectivity index (χ1v) is 6.51. The van der Waals surface area contributed by atoms with Crippen molar-refractivity contribution in [3.63, 3.8) is 0 Å². The van der Waals surface area contributed by atoms with Crippen LogP contribution in [0.1, 0.15) is 31.4 Å². The van der Waals surface area contributed by atoms with Gasteiger partial charge in [0.1, 0.15) is 0 Å². The molecule has 1 aromatic rings. The summed E-state index contributed by atoms with van der Waals surface area (Å²) in [5.74, 6) is -0.841. The van der Waals surface area contributed by atoms with Crippen LogP contribution in [0.25, 0.3) is 0 Å². The molecule has 0 aromatic heterocycles. The van der Waals surface area contributed by atoms with Gasteiger partial charge in [-0.25, -0.2) is 0 Å². The minimum atomic E-state index is -0.841. The van der Waals surface area contributed by atoms with E-state index < -0.39 is 10.9 Å². The number of carboxylic acid groups (broad SMARTS) is 1. The zero-order valence-corrected chi connectivity index (χ0v) is 12.0. The molecule has 6 heteroatoms. The second-order valence-electron chi connectivity index (χ2n) is 5.03. The third-order valence-corrected chi connectivity index (χ3v) is 3.33. The van der Waals surface area contributed by atoms with Crippen molar-refractivity contribution in [1.82, 2.24) is 4.90 Å². The Labute approximate surface area is 118 Å². The number of carboxylic acids is 1. The third-order valence-electron chi connectivity index (χ3n) is 3.33. The molecule has 1 aromatic carbocycles. The molecule has 1 rings (SSSR count). The molecule has 0 atom stereocenters. The van der Waals surface area contributed by atoms with Gasteiger partial charge in [0.2, 0.25) is 0 Å². The average molecular weight is 280 g/mol. The minimum Gasteiger partial charge on any atom is -0.481 e. The molecule has 0 unspecified atom stereocenters. The van der Waals surface area contributed by atoms with E-state index in [2.05, 4.69) is 0 Å². The van der Waals surface area contributed by atoms with Gasteiger partial charge >= 0.3 is 5.97 Å². The van der Waals surface area contributed by atoms with Crippen LogP contribution in [0.2, 0.25) is 0 Å². The summed E-state index contributed by atoms with van der Waals surface area (Å²) < 4.78 is 0. The van der Waals surface area contributed by atoms with Crippen LogP contribution >= 0.6 is 0 Å². The molecule has 20 heavy (non-hydrogen) atoms. The topological polar surface area (TPSA) is 83.7 Å². The Hall–Kier alpha value is -1.95. The van der Waals surface area contributed by atoms with Crippen molar-refractivity contribution in [2.75, 3.05) is 6.54 Å². The quantitative estimate of drug-likeness (QED) is 0.613. The maximum Gasteiger partial charge on any atom is 0.304 e. The van der Waals surface area contributed by atoms with E-state index in [1.165, 1.54) is 6.07 Å². The summed E-state index contributed by atoms with van der Waals surface area (Å²) in [5, 5.41) is 19.7. The molecule has 0 saturated carbocycles. The second kappa shape index (κ2) is 7.00. The molecule has 0 aliphatic heterocycles. The van der Waals surface area contributed by atoms with Gasteiger partial charge in [0.05, 0.1) is 11.3 Å². The van der Waals surface area contributed by atoms with Crippen LogP contribution < -0.4 is 0 Å². The maximum atomic E-state index is 10.9. The zero-order valence-electron chi connectivity index (χ0n) is 12.0. The first-order valence-electron chi connectivity index (χ1n) is 6.51. The Morgan fingerprint density at radius 2 is 2.10 bits per heavy atom. The normalized spacial score (nSPS) is 11.1. The molecule has 0 amide bonds. The zero-order chi connectivity index (χ0) is 15.3. The molecule has 0 spiro atoms. The van der Waals surface area contributed by atoms with Gasteiger partial charge in [0.25, 0.3) is 5.69 Å². The number of rotatable bonds is 7. The SMILES string of the molecule is Cc1c(CN(CCC(=O)O)C(C)C)cccc1[N+](=O)[O-]. The van der Waals surface area contributed by atoms with Crippen LogP contribution in [0, 0.1) is 17.0 Å². The molecule has 0 aliphatic rings. The first kappa shape index (κ1) is 16.1. The van der Waals surface area contributed by atoms with E-state index >= 15 is 0 Å². The summed E-state index contributed by atoms with van der Waals surface area (Å²) in [6.07, 6.45) is 0.0617. The Bertz CT molecular complexity index is 500. The van der Waals surface area contributed by atoms with E-state index in [9.17, 15) is 14.9 Å². The Kier molecular flexibility index (Phi) is 5.64. The Morgan fingerprint density at radius 1 is 1.45 bits per heavy atom. The van der Waals surface area contributed by atoms with Gasteiger partial charge in [0.15, 0.2) is 0 Å². The summed E-state index contributed by atoms with van der Waals surface area (Å²) in [6.45, 7) is 6.62.